The zero-order chi connectivity index (χ0) is 15.2. The molecule has 0 saturated heterocycles. The van der Waals surface area contributed by atoms with Crippen LogP contribution in [0.3, 0.4) is 0 Å². The average molecular weight is 429 g/mol. The lowest BCUT2D eigenvalue weighted by Gasteiger charge is -2.09. The third-order valence-electron chi connectivity index (χ3n) is 3.24. The molecule has 0 radical (unpaired) electrons. The normalized spacial score (nSPS) is 12.0. The summed E-state index contributed by atoms with van der Waals surface area (Å²) in [7, 11) is -3.63. The number of aryl methyl sites for hydroxylation is 1. The van der Waals surface area contributed by atoms with Crippen LogP contribution >= 0.6 is 31.9 Å². The highest BCUT2D eigenvalue weighted by molar-refractivity contribution is 9.10. The first-order valence-corrected chi connectivity index (χ1v) is 9.21. The van der Waals surface area contributed by atoms with Crippen molar-refractivity contribution in [1.29, 1.82) is 0 Å². The Hall–Kier alpha value is -1.11. The van der Waals surface area contributed by atoms with Gasteiger partial charge in [0.2, 0.25) is 0 Å². The molecule has 6 heteroatoms. The molecule has 2 aromatic carbocycles. The summed E-state index contributed by atoms with van der Waals surface area (Å²) in [6.45, 7) is 1.93. The van der Waals surface area contributed by atoms with E-state index in [1.807, 2.05) is 19.1 Å². The van der Waals surface area contributed by atoms with E-state index in [0.717, 1.165) is 15.4 Å². The molecule has 0 bridgehead atoms. The molecule has 1 heterocycles. The highest BCUT2D eigenvalue weighted by atomic mass is 79.9. The Morgan fingerprint density at radius 3 is 2.29 bits per heavy atom. The predicted octanol–water partition coefficient (Wildman–Crippen LogP) is 4.71. The maximum atomic E-state index is 12.8. The molecular formula is C15H11Br2NO2S. The molecule has 0 amide bonds. The lowest BCUT2D eigenvalue weighted by atomic mass is 10.2. The molecule has 0 fully saturated rings. The van der Waals surface area contributed by atoms with Gasteiger partial charge in [-0.2, -0.15) is 0 Å². The van der Waals surface area contributed by atoms with E-state index in [2.05, 4.69) is 31.9 Å². The summed E-state index contributed by atoms with van der Waals surface area (Å²) in [4.78, 5) is 0.272. The molecule has 0 atom stereocenters. The van der Waals surface area contributed by atoms with E-state index in [1.54, 1.807) is 36.4 Å². The second kappa shape index (κ2) is 5.26. The van der Waals surface area contributed by atoms with Crippen molar-refractivity contribution < 1.29 is 8.42 Å². The number of nitrogens with zero attached hydrogens (tertiary/aromatic N) is 1. The molecule has 0 saturated carbocycles. The van der Waals surface area contributed by atoms with Crippen LogP contribution in [0, 0.1) is 6.92 Å². The Labute approximate surface area is 139 Å². The molecule has 1 aromatic heterocycles. The summed E-state index contributed by atoms with van der Waals surface area (Å²) >= 11 is 6.75. The van der Waals surface area contributed by atoms with Gasteiger partial charge in [0.15, 0.2) is 0 Å². The van der Waals surface area contributed by atoms with Gasteiger partial charge in [0, 0.05) is 9.86 Å². The minimum absolute atomic E-state index is 0.272. The molecular weight excluding hydrogens is 418 g/mol. The third kappa shape index (κ3) is 2.56. The first kappa shape index (κ1) is 14.8. The Morgan fingerprint density at radius 2 is 1.62 bits per heavy atom. The molecule has 0 N–H and O–H groups in total. The molecule has 3 aromatic rings. The van der Waals surface area contributed by atoms with E-state index in [4.69, 9.17) is 0 Å². The number of halogens is 2. The number of fused-ring (bicyclic) bond motifs is 1. The van der Waals surface area contributed by atoms with Crippen LogP contribution in [0.2, 0.25) is 0 Å². The summed E-state index contributed by atoms with van der Waals surface area (Å²) in [5.41, 5.74) is 1.67. The summed E-state index contributed by atoms with van der Waals surface area (Å²) in [5.74, 6) is 0. The lowest BCUT2D eigenvalue weighted by molar-refractivity contribution is 0.588. The molecule has 108 valence electrons. The van der Waals surface area contributed by atoms with Crippen molar-refractivity contribution in [3.63, 3.8) is 0 Å². The van der Waals surface area contributed by atoms with Crippen molar-refractivity contribution in [3.8, 4) is 0 Å². The van der Waals surface area contributed by atoms with Gasteiger partial charge in [0.05, 0.1) is 10.4 Å². The Bertz CT molecular complexity index is 928. The molecule has 3 rings (SSSR count). The van der Waals surface area contributed by atoms with Crippen molar-refractivity contribution in [1.82, 2.24) is 3.97 Å². The molecule has 0 aliphatic rings. The van der Waals surface area contributed by atoms with Gasteiger partial charge in [-0.3, -0.25) is 0 Å². The van der Waals surface area contributed by atoms with E-state index in [0.29, 0.717) is 10.1 Å². The predicted molar refractivity (Wildman–Crippen MR) is 91.1 cm³/mol. The van der Waals surface area contributed by atoms with Crippen LogP contribution in [-0.4, -0.2) is 12.4 Å². The van der Waals surface area contributed by atoms with E-state index >= 15 is 0 Å². The topological polar surface area (TPSA) is 39.1 Å². The lowest BCUT2D eigenvalue weighted by Crippen LogP contribution is -2.13. The fourth-order valence-corrected chi connectivity index (χ4v) is 4.97. The van der Waals surface area contributed by atoms with Crippen molar-refractivity contribution in [2.45, 2.75) is 11.8 Å². The zero-order valence-electron chi connectivity index (χ0n) is 11.0. The van der Waals surface area contributed by atoms with Crippen molar-refractivity contribution >= 4 is 52.8 Å². The summed E-state index contributed by atoms with van der Waals surface area (Å²) < 4.78 is 28.4. The van der Waals surface area contributed by atoms with Gasteiger partial charge in [-0.15, -0.1) is 0 Å². The first-order chi connectivity index (χ1) is 9.89. The second-order valence-corrected chi connectivity index (χ2v) is 8.27. The summed E-state index contributed by atoms with van der Waals surface area (Å²) in [6, 6.07) is 14.1. The Balaban J connectivity index is 2.28. The van der Waals surface area contributed by atoms with Gasteiger partial charge >= 0.3 is 0 Å². The van der Waals surface area contributed by atoms with Crippen LogP contribution in [0.4, 0.5) is 0 Å². The van der Waals surface area contributed by atoms with Crippen LogP contribution in [0.25, 0.3) is 10.9 Å². The van der Waals surface area contributed by atoms with Crippen LogP contribution in [0.5, 0.6) is 0 Å². The van der Waals surface area contributed by atoms with Gasteiger partial charge in [0.1, 0.15) is 4.60 Å². The number of hydrogen-bond donors (Lipinski definition) is 0. The minimum Gasteiger partial charge on any atom is -0.227 e. The molecule has 0 aliphatic carbocycles. The van der Waals surface area contributed by atoms with Crippen molar-refractivity contribution in [2.75, 3.05) is 0 Å². The number of hydrogen-bond acceptors (Lipinski definition) is 2. The maximum absolute atomic E-state index is 12.8. The fourth-order valence-electron chi connectivity index (χ4n) is 2.19. The van der Waals surface area contributed by atoms with E-state index in [9.17, 15) is 8.42 Å². The van der Waals surface area contributed by atoms with Gasteiger partial charge in [-0.25, -0.2) is 12.4 Å². The second-order valence-electron chi connectivity index (χ2n) is 4.75. The zero-order valence-corrected chi connectivity index (χ0v) is 15.0. The number of rotatable bonds is 2. The largest absolute Gasteiger partial charge is 0.269 e. The Morgan fingerprint density at radius 1 is 0.952 bits per heavy atom. The van der Waals surface area contributed by atoms with Gasteiger partial charge in [-0.1, -0.05) is 33.6 Å². The smallest absolute Gasteiger partial charge is 0.227 e. The first-order valence-electron chi connectivity index (χ1n) is 6.18. The van der Waals surface area contributed by atoms with Crippen LogP contribution in [-0.2, 0) is 10.0 Å². The van der Waals surface area contributed by atoms with Crippen LogP contribution in [0.15, 0.2) is 62.5 Å². The monoisotopic (exact) mass is 427 g/mol. The van der Waals surface area contributed by atoms with E-state index < -0.39 is 10.0 Å². The number of aromatic nitrogens is 1. The molecule has 0 spiro atoms. The molecule has 0 aliphatic heterocycles. The van der Waals surface area contributed by atoms with E-state index in [1.165, 1.54) is 3.97 Å². The van der Waals surface area contributed by atoms with Gasteiger partial charge < -0.3 is 0 Å². The van der Waals surface area contributed by atoms with Crippen LogP contribution in [0.1, 0.15) is 5.56 Å². The maximum Gasteiger partial charge on any atom is 0.269 e. The Kier molecular flexibility index (Phi) is 3.71. The molecule has 0 unspecified atom stereocenters. The SMILES string of the molecule is Cc1ccc(S(=O)(=O)n2c(Br)cc3cc(Br)ccc32)cc1. The third-order valence-corrected chi connectivity index (χ3v) is 6.29. The fraction of sp³-hybridized carbons (Fsp3) is 0.0667. The van der Waals surface area contributed by atoms with Gasteiger partial charge in [-0.05, 0) is 59.3 Å². The standard InChI is InChI=1S/C15H11Br2NO2S/c1-10-2-5-13(6-3-10)21(19,20)18-14-7-4-12(16)8-11(14)9-15(18)17/h2-9H,1H3. The summed E-state index contributed by atoms with van der Waals surface area (Å²) in [6.07, 6.45) is 0. The quantitative estimate of drug-likeness (QED) is 0.592. The molecule has 3 nitrogen and oxygen atoms in total. The van der Waals surface area contributed by atoms with E-state index in [-0.39, 0.29) is 4.90 Å². The van der Waals surface area contributed by atoms with Crippen molar-refractivity contribution in [2.24, 2.45) is 0 Å². The average Bonchev–Trinajstić information content (AvgIpc) is 2.74. The molecule has 21 heavy (non-hydrogen) atoms. The highest BCUT2D eigenvalue weighted by Crippen LogP contribution is 2.30. The summed E-state index contributed by atoms with van der Waals surface area (Å²) in [5, 5.41) is 0.854. The minimum atomic E-state index is -3.63. The van der Waals surface area contributed by atoms with Crippen molar-refractivity contribution in [3.05, 3.63) is 63.2 Å². The highest BCUT2D eigenvalue weighted by Gasteiger charge is 2.22. The van der Waals surface area contributed by atoms with Gasteiger partial charge in [0.25, 0.3) is 10.0 Å². The number of benzene rings is 2. The van der Waals surface area contributed by atoms with Crippen LogP contribution < -0.4 is 0 Å².